The van der Waals surface area contributed by atoms with E-state index >= 15 is 0 Å². The number of hydrogen-bond acceptors (Lipinski definition) is 2. The molecule has 3 rings (SSSR count). The van der Waals surface area contributed by atoms with Crippen molar-refractivity contribution in [1.29, 1.82) is 0 Å². The molecule has 0 atom stereocenters. The van der Waals surface area contributed by atoms with Crippen LogP contribution in [-0.2, 0) is 4.79 Å². The zero-order valence-corrected chi connectivity index (χ0v) is 9.01. The van der Waals surface area contributed by atoms with Gasteiger partial charge in [-0.3, -0.25) is 4.79 Å². The van der Waals surface area contributed by atoms with Crippen LogP contribution in [0.15, 0.2) is 48.5 Å². The summed E-state index contributed by atoms with van der Waals surface area (Å²) in [6.45, 7) is 0. The minimum atomic E-state index is -0.186. The van der Waals surface area contributed by atoms with E-state index in [9.17, 15) is 4.79 Å². The van der Waals surface area contributed by atoms with E-state index in [1.807, 2.05) is 48.5 Å². The van der Waals surface area contributed by atoms with E-state index in [-0.39, 0.29) is 6.04 Å². The van der Waals surface area contributed by atoms with Gasteiger partial charge in [-0.15, -0.1) is 0 Å². The number of amides is 1. The summed E-state index contributed by atoms with van der Waals surface area (Å²) < 4.78 is 5.78. The minimum Gasteiger partial charge on any atom is -0.457 e. The molecule has 0 saturated carbocycles. The summed E-state index contributed by atoms with van der Waals surface area (Å²) in [4.78, 5) is 10.6. The molecule has 2 aromatic carbocycles. The zero-order chi connectivity index (χ0) is 11.7. The molecule has 3 heteroatoms. The molecule has 0 fully saturated rings. The van der Waals surface area contributed by atoms with Gasteiger partial charge in [0.2, 0.25) is 0 Å². The molecule has 1 aliphatic heterocycles. The average Bonchev–Trinajstić information content (AvgIpc) is 2.39. The summed E-state index contributed by atoms with van der Waals surface area (Å²) in [5.41, 5.74) is 1.91. The van der Waals surface area contributed by atoms with Crippen LogP contribution in [0.3, 0.4) is 0 Å². The van der Waals surface area contributed by atoms with E-state index in [0.29, 0.717) is 0 Å². The van der Waals surface area contributed by atoms with Gasteiger partial charge in [0.25, 0.3) is 0 Å². The van der Waals surface area contributed by atoms with E-state index < -0.39 is 0 Å². The van der Waals surface area contributed by atoms with E-state index in [0.717, 1.165) is 22.6 Å². The fraction of sp³-hybridized carbons (Fsp3) is 0.0714. The maximum absolute atomic E-state index is 10.6. The summed E-state index contributed by atoms with van der Waals surface area (Å²) in [6.07, 6.45) is 1.76. The summed E-state index contributed by atoms with van der Waals surface area (Å²) in [7, 11) is 0. The second-order valence-electron chi connectivity index (χ2n) is 3.86. The number of ether oxygens (including phenoxy) is 1. The van der Waals surface area contributed by atoms with Crippen molar-refractivity contribution >= 4 is 6.41 Å². The Bertz CT molecular complexity index is 520. The van der Waals surface area contributed by atoms with Gasteiger partial charge in [-0.05, 0) is 12.1 Å². The molecular formula is C14H10NO2. The zero-order valence-electron chi connectivity index (χ0n) is 9.01. The lowest BCUT2D eigenvalue weighted by atomic mass is 9.95. The lowest BCUT2D eigenvalue weighted by molar-refractivity contribution is 0.437. The molecule has 0 unspecified atom stereocenters. The Hall–Kier alpha value is -2.29. The van der Waals surface area contributed by atoms with Crippen LogP contribution in [-0.4, -0.2) is 6.41 Å². The molecule has 83 valence electrons. The summed E-state index contributed by atoms with van der Waals surface area (Å²) >= 11 is 0. The third-order valence-electron chi connectivity index (χ3n) is 2.88. The Morgan fingerprint density at radius 1 is 0.941 bits per heavy atom. The van der Waals surface area contributed by atoms with Crippen molar-refractivity contribution in [3.8, 4) is 11.5 Å². The molecule has 1 N–H and O–H groups in total. The molecule has 1 aliphatic rings. The van der Waals surface area contributed by atoms with Crippen molar-refractivity contribution < 1.29 is 9.53 Å². The molecule has 17 heavy (non-hydrogen) atoms. The van der Waals surface area contributed by atoms with Crippen molar-refractivity contribution in [2.45, 2.75) is 6.04 Å². The first-order valence-corrected chi connectivity index (χ1v) is 5.38. The number of rotatable bonds is 2. The van der Waals surface area contributed by atoms with Gasteiger partial charge in [0.05, 0.1) is 6.04 Å². The van der Waals surface area contributed by atoms with Gasteiger partial charge in [0.15, 0.2) is 0 Å². The second-order valence-corrected chi connectivity index (χ2v) is 3.86. The van der Waals surface area contributed by atoms with Gasteiger partial charge < -0.3 is 10.1 Å². The van der Waals surface area contributed by atoms with Crippen LogP contribution in [0.2, 0.25) is 0 Å². The van der Waals surface area contributed by atoms with Crippen molar-refractivity contribution in [2.24, 2.45) is 0 Å². The Kier molecular flexibility index (Phi) is 2.29. The van der Waals surface area contributed by atoms with Crippen LogP contribution in [0.5, 0.6) is 11.5 Å². The molecule has 1 heterocycles. The van der Waals surface area contributed by atoms with Gasteiger partial charge in [0.1, 0.15) is 11.5 Å². The Labute approximate surface area is 99.0 Å². The Morgan fingerprint density at radius 2 is 1.47 bits per heavy atom. The number of benzene rings is 2. The predicted molar refractivity (Wildman–Crippen MR) is 63.6 cm³/mol. The van der Waals surface area contributed by atoms with Gasteiger partial charge in [-0.1, -0.05) is 36.4 Å². The third kappa shape index (κ3) is 1.56. The van der Waals surface area contributed by atoms with E-state index in [1.165, 1.54) is 0 Å². The number of nitrogens with one attached hydrogen (secondary N) is 1. The van der Waals surface area contributed by atoms with Crippen LogP contribution >= 0.6 is 0 Å². The molecule has 0 bridgehead atoms. The Morgan fingerprint density at radius 3 is 2.00 bits per heavy atom. The molecule has 1 amide bonds. The number of para-hydroxylation sites is 2. The maximum atomic E-state index is 10.6. The maximum Gasteiger partial charge on any atom is 0.310 e. The largest absolute Gasteiger partial charge is 0.457 e. The standard InChI is InChI=1S/C14H10NO2/c16-9-15-14-10-5-1-3-7-12(10)17-13-8-4-2-6-11(13)14/h1-8,14H,(H,15,16). The molecule has 0 aromatic heterocycles. The highest BCUT2D eigenvalue weighted by atomic mass is 16.5. The monoisotopic (exact) mass is 224 g/mol. The van der Waals surface area contributed by atoms with Gasteiger partial charge in [-0.25, -0.2) is 0 Å². The smallest absolute Gasteiger partial charge is 0.310 e. The van der Waals surface area contributed by atoms with Crippen LogP contribution in [0.25, 0.3) is 0 Å². The van der Waals surface area contributed by atoms with Crippen molar-refractivity contribution in [3.05, 3.63) is 59.7 Å². The van der Waals surface area contributed by atoms with E-state index in [1.54, 1.807) is 6.41 Å². The van der Waals surface area contributed by atoms with Crippen LogP contribution < -0.4 is 10.1 Å². The lowest BCUT2D eigenvalue weighted by Gasteiger charge is -2.27. The molecule has 1 radical (unpaired) electrons. The first-order chi connectivity index (χ1) is 8.40. The normalized spacial score (nSPS) is 13.2. The second kappa shape index (κ2) is 3.94. The number of carbonyl (C=O) groups excluding carboxylic acids is 1. The fourth-order valence-corrected chi connectivity index (χ4v) is 2.12. The average molecular weight is 224 g/mol. The highest BCUT2D eigenvalue weighted by molar-refractivity contribution is 5.58. The van der Waals surface area contributed by atoms with Gasteiger partial charge in [-0.2, -0.15) is 0 Å². The van der Waals surface area contributed by atoms with Crippen molar-refractivity contribution in [3.63, 3.8) is 0 Å². The summed E-state index contributed by atoms with van der Waals surface area (Å²) in [6, 6.07) is 15.2. The molecular weight excluding hydrogens is 214 g/mol. The highest BCUT2D eigenvalue weighted by Crippen LogP contribution is 2.42. The van der Waals surface area contributed by atoms with Crippen molar-refractivity contribution in [2.75, 3.05) is 0 Å². The van der Waals surface area contributed by atoms with Crippen LogP contribution in [0, 0.1) is 0 Å². The quantitative estimate of drug-likeness (QED) is 0.796. The molecule has 0 spiro atoms. The first-order valence-electron chi connectivity index (χ1n) is 5.38. The third-order valence-corrected chi connectivity index (χ3v) is 2.88. The number of hydrogen-bond donors (Lipinski definition) is 1. The number of fused-ring (bicyclic) bond motifs is 2. The molecule has 3 nitrogen and oxygen atoms in total. The SMILES string of the molecule is O=[C]NC1c2ccccc2Oc2ccccc21. The van der Waals surface area contributed by atoms with E-state index in [4.69, 9.17) is 4.74 Å². The molecule has 2 aromatic rings. The summed E-state index contributed by atoms with van der Waals surface area (Å²) in [5.74, 6) is 1.55. The van der Waals surface area contributed by atoms with Gasteiger partial charge in [0, 0.05) is 11.1 Å². The minimum absolute atomic E-state index is 0.186. The molecule has 0 saturated heterocycles. The lowest BCUT2D eigenvalue weighted by Crippen LogP contribution is -2.24. The van der Waals surface area contributed by atoms with Crippen LogP contribution in [0.1, 0.15) is 17.2 Å². The highest BCUT2D eigenvalue weighted by Gasteiger charge is 2.26. The summed E-state index contributed by atoms with van der Waals surface area (Å²) in [5, 5.41) is 2.71. The van der Waals surface area contributed by atoms with E-state index in [2.05, 4.69) is 5.32 Å². The molecule has 0 aliphatic carbocycles. The van der Waals surface area contributed by atoms with Gasteiger partial charge >= 0.3 is 6.41 Å². The predicted octanol–water partition coefficient (Wildman–Crippen LogP) is 2.54. The Balaban J connectivity index is 2.16. The van der Waals surface area contributed by atoms with Crippen molar-refractivity contribution in [1.82, 2.24) is 5.32 Å². The van der Waals surface area contributed by atoms with Crippen LogP contribution in [0.4, 0.5) is 0 Å². The fourth-order valence-electron chi connectivity index (χ4n) is 2.12. The topological polar surface area (TPSA) is 38.3 Å². The first kappa shape index (κ1) is 9.90.